The van der Waals surface area contributed by atoms with Crippen LogP contribution in [0.5, 0.6) is 0 Å². The molecule has 0 aliphatic carbocycles. The summed E-state index contributed by atoms with van der Waals surface area (Å²) in [5.41, 5.74) is 2.05. The van der Waals surface area contributed by atoms with Gasteiger partial charge in [0.1, 0.15) is 0 Å². The molecule has 2 aromatic carbocycles. The number of benzene rings is 2. The quantitative estimate of drug-likeness (QED) is 0.781. The van der Waals surface area contributed by atoms with Crippen molar-refractivity contribution < 1.29 is 0 Å². The second-order valence-corrected chi connectivity index (χ2v) is 4.84. The fourth-order valence-electron chi connectivity index (χ4n) is 2.79. The molecule has 2 nitrogen and oxygen atoms in total. The van der Waals surface area contributed by atoms with Crippen molar-refractivity contribution in [3.63, 3.8) is 0 Å². The number of rotatable bonds is 1. The average molecular weight is 273 g/mol. The maximum Gasteiger partial charge on any atom is 0.0998 e. The van der Waals surface area contributed by atoms with E-state index >= 15 is 0 Å². The summed E-state index contributed by atoms with van der Waals surface area (Å²) in [6.45, 7) is 2.27. The van der Waals surface area contributed by atoms with Crippen LogP contribution in [-0.4, -0.2) is 13.1 Å². The van der Waals surface area contributed by atoms with Gasteiger partial charge in [0.2, 0.25) is 0 Å². The van der Waals surface area contributed by atoms with E-state index in [1.165, 1.54) is 30.3 Å². The standard InChI is InChI=1S/C16H16N2.ClH/c17-12-13-8-9-16(18-10-4-1-5-11-18)15-7-3-2-6-14(13)15;/h2-3,6-9H,1,4-5,10-11H2;1H. The molecule has 1 aliphatic heterocycles. The normalized spacial score (nSPS) is 14.8. The highest BCUT2D eigenvalue weighted by Crippen LogP contribution is 2.30. The van der Waals surface area contributed by atoms with E-state index in [1.807, 2.05) is 18.2 Å². The Hall–Kier alpha value is -1.72. The number of hydrogen-bond donors (Lipinski definition) is 0. The van der Waals surface area contributed by atoms with Crippen LogP contribution in [0.4, 0.5) is 5.69 Å². The van der Waals surface area contributed by atoms with Crippen molar-refractivity contribution in [2.75, 3.05) is 18.0 Å². The Labute approximate surface area is 120 Å². The Morgan fingerprint density at radius 2 is 1.58 bits per heavy atom. The van der Waals surface area contributed by atoms with E-state index in [4.69, 9.17) is 0 Å². The van der Waals surface area contributed by atoms with E-state index in [0.29, 0.717) is 0 Å². The van der Waals surface area contributed by atoms with Crippen molar-refractivity contribution in [1.82, 2.24) is 0 Å². The first-order valence-corrected chi connectivity index (χ1v) is 6.57. The lowest BCUT2D eigenvalue weighted by molar-refractivity contribution is 0.579. The van der Waals surface area contributed by atoms with Gasteiger partial charge < -0.3 is 4.90 Å². The first-order chi connectivity index (χ1) is 8.90. The maximum absolute atomic E-state index is 9.17. The topological polar surface area (TPSA) is 27.0 Å². The number of anilines is 1. The Balaban J connectivity index is 0.00000133. The fourth-order valence-corrected chi connectivity index (χ4v) is 2.79. The summed E-state index contributed by atoms with van der Waals surface area (Å²) in [5.74, 6) is 0. The molecule has 2 aromatic rings. The molecule has 1 heterocycles. The molecule has 0 atom stereocenters. The van der Waals surface area contributed by atoms with Crippen LogP contribution >= 0.6 is 12.4 Å². The third-order valence-corrected chi connectivity index (χ3v) is 3.72. The zero-order valence-corrected chi connectivity index (χ0v) is 11.6. The summed E-state index contributed by atoms with van der Waals surface area (Å²) in [5, 5.41) is 11.5. The summed E-state index contributed by atoms with van der Waals surface area (Å²) in [6, 6.07) is 14.6. The summed E-state index contributed by atoms with van der Waals surface area (Å²) >= 11 is 0. The molecule has 1 saturated heterocycles. The molecule has 0 spiro atoms. The highest BCUT2D eigenvalue weighted by Gasteiger charge is 2.14. The maximum atomic E-state index is 9.17. The van der Waals surface area contributed by atoms with Crippen LogP contribution in [0.2, 0.25) is 0 Å². The number of halogens is 1. The van der Waals surface area contributed by atoms with Crippen molar-refractivity contribution in [2.24, 2.45) is 0 Å². The summed E-state index contributed by atoms with van der Waals surface area (Å²) in [4.78, 5) is 2.45. The highest BCUT2D eigenvalue weighted by molar-refractivity contribution is 5.97. The van der Waals surface area contributed by atoms with Gasteiger partial charge in [-0.15, -0.1) is 12.4 Å². The minimum Gasteiger partial charge on any atom is -0.371 e. The molecule has 1 aliphatic rings. The highest BCUT2D eigenvalue weighted by atomic mass is 35.5. The third kappa shape index (κ3) is 2.52. The van der Waals surface area contributed by atoms with Crippen LogP contribution in [0.25, 0.3) is 10.8 Å². The van der Waals surface area contributed by atoms with E-state index in [2.05, 4.69) is 29.2 Å². The van der Waals surface area contributed by atoms with Gasteiger partial charge in [0.15, 0.2) is 0 Å². The van der Waals surface area contributed by atoms with Crippen molar-refractivity contribution in [1.29, 1.82) is 5.26 Å². The fraction of sp³-hybridized carbons (Fsp3) is 0.312. The summed E-state index contributed by atoms with van der Waals surface area (Å²) in [7, 11) is 0. The van der Waals surface area contributed by atoms with Crippen LogP contribution < -0.4 is 4.90 Å². The molecule has 3 heteroatoms. The average Bonchev–Trinajstić information content (AvgIpc) is 2.47. The van der Waals surface area contributed by atoms with Crippen LogP contribution in [-0.2, 0) is 0 Å². The number of hydrogen-bond acceptors (Lipinski definition) is 2. The number of fused-ring (bicyclic) bond motifs is 1. The first kappa shape index (κ1) is 13.7. The number of piperidine rings is 1. The van der Waals surface area contributed by atoms with Crippen LogP contribution in [0.15, 0.2) is 36.4 Å². The zero-order valence-electron chi connectivity index (χ0n) is 10.8. The van der Waals surface area contributed by atoms with Gasteiger partial charge in [-0.3, -0.25) is 0 Å². The molecular formula is C16H17ClN2. The lowest BCUT2D eigenvalue weighted by Crippen LogP contribution is -2.29. The van der Waals surface area contributed by atoms with Crippen molar-refractivity contribution in [3.8, 4) is 6.07 Å². The molecule has 98 valence electrons. The van der Waals surface area contributed by atoms with E-state index in [9.17, 15) is 5.26 Å². The number of nitriles is 1. The SMILES string of the molecule is Cl.N#Cc1ccc(N2CCCCC2)c2ccccc12. The molecule has 0 saturated carbocycles. The van der Waals surface area contributed by atoms with E-state index < -0.39 is 0 Å². The molecule has 0 N–H and O–H groups in total. The Bertz CT molecular complexity index is 610. The minimum absolute atomic E-state index is 0. The Morgan fingerprint density at radius 1 is 0.895 bits per heavy atom. The summed E-state index contributed by atoms with van der Waals surface area (Å²) < 4.78 is 0. The molecule has 3 rings (SSSR count). The van der Waals surface area contributed by atoms with Crippen molar-refractivity contribution in [2.45, 2.75) is 19.3 Å². The first-order valence-electron chi connectivity index (χ1n) is 6.57. The molecule has 0 bridgehead atoms. The molecule has 0 unspecified atom stereocenters. The van der Waals surface area contributed by atoms with Gasteiger partial charge in [-0.05, 0) is 31.4 Å². The zero-order chi connectivity index (χ0) is 12.4. The van der Waals surface area contributed by atoms with Crippen LogP contribution in [0.3, 0.4) is 0 Å². The van der Waals surface area contributed by atoms with Crippen LogP contribution in [0.1, 0.15) is 24.8 Å². The second-order valence-electron chi connectivity index (χ2n) is 4.84. The predicted molar refractivity (Wildman–Crippen MR) is 82.0 cm³/mol. The van der Waals surface area contributed by atoms with Crippen LogP contribution in [0, 0.1) is 11.3 Å². The Morgan fingerprint density at radius 3 is 2.26 bits per heavy atom. The van der Waals surface area contributed by atoms with Gasteiger partial charge in [-0.1, -0.05) is 24.3 Å². The molecule has 0 radical (unpaired) electrons. The van der Waals surface area contributed by atoms with Crippen molar-refractivity contribution >= 4 is 28.9 Å². The third-order valence-electron chi connectivity index (χ3n) is 3.72. The van der Waals surface area contributed by atoms with Gasteiger partial charge >= 0.3 is 0 Å². The monoisotopic (exact) mass is 272 g/mol. The van der Waals surface area contributed by atoms with Gasteiger partial charge in [0.25, 0.3) is 0 Å². The van der Waals surface area contributed by atoms with Gasteiger partial charge in [0, 0.05) is 29.5 Å². The second kappa shape index (κ2) is 5.95. The van der Waals surface area contributed by atoms with Gasteiger partial charge in [-0.2, -0.15) is 5.26 Å². The number of nitrogens with zero attached hydrogens (tertiary/aromatic N) is 2. The van der Waals surface area contributed by atoms with Gasteiger partial charge in [-0.25, -0.2) is 0 Å². The molecule has 0 aromatic heterocycles. The van der Waals surface area contributed by atoms with Crippen molar-refractivity contribution in [3.05, 3.63) is 42.0 Å². The lowest BCUT2D eigenvalue weighted by atomic mass is 10.0. The predicted octanol–water partition coefficient (Wildman–Crippen LogP) is 4.12. The Kier molecular flexibility index (Phi) is 4.29. The smallest absolute Gasteiger partial charge is 0.0998 e. The minimum atomic E-state index is 0. The summed E-state index contributed by atoms with van der Waals surface area (Å²) in [6.07, 6.45) is 3.88. The molecule has 19 heavy (non-hydrogen) atoms. The van der Waals surface area contributed by atoms with E-state index in [0.717, 1.165) is 24.0 Å². The largest absolute Gasteiger partial charge is 0.371 e. The van der Waals surface area contributed by atoms with E-state index in [-0.39, 0.29) is 12.4 Å². The van der Waals surface area contributed by atoms with Gasteiger partial charge in [0.05, 0.1) is 11.6 Å². The molecule has 0 amide bonds. The lowest BCUT2D eigenvalue weighted by Gasteiger charge is -2.30. The molecule has 1 fully saturated rings. The van der Waals surface area contributed by atoms with E-state index in [1.54, 1.807) is 0 Å². The molecular weight excluding hydrogens is 256 g/mol.